The Bertz CT molecular complexity index is 710. The van der Waals surface area contributed by atoms with E-state index < -0.39 is 17.9 Å². The summed E-state index contributed by atoms with van der Waals surface area (Å²) < 4.78 is 18.2. The van der Waals surface area contributed by atoms with Crippen LogP contribution in [0.15, 0.2) is 30.3 Å². The molecule has 0 fully saturated rings. The lowest BCUT2D eigenvalue weighted by atomic mass is 9.99. The number of thiophene rings is 1. The SMILES string of the molecule is CC(OC(=O)c1cc2c(s1)CCCC2)C(=O)c1ccc(F)cc1. The summed E-state index contributed by atoms with van der Waals surface area (Å²) in [7, 11) is 0. The van der Waals surface area contributed by atoms with Gasteiger partial charge in [0, 0.05) is 10.4 Å². The third-order valence-electron chi connectivity index (χ3n) is 3.98. The van der Waals surface area contributed by atoms with E-state index in [1.165, 1.54) is 53.0 Å². The molecule has 0 saturated carbocycles. The number of Topliss-reactive ketones (excluding diaryl/α,β-unsaturated/α-hetero) is 1. The van der Waals surface area contributed by atoms with Crippen molar-refractivity contribution < 1.29 is 18.7 Å². The summed E-state index contributed by atoms with van der Waals surface area (Å²) in [5, 5.41) is 0. The van der Waals surface area contributed by atoms with Gasteiger partial charge in [-0.15, -0.1) is 11.3 Å². The number of benzene rings is 1. The van der Waals surface area contributed by atoms with Gasteiger partial charge in [-0.3, -0.25) is 4.79 Å². The number of halogens is 1. The lowest BCUT2D eigenvalue weighted by Gasteiger charge is -2.11. The lowest BCUT2D eigenvalue weighted by Crippen LogP contribution is -2.24. The van der Waals surface area contributed by atoms with Gasteiger partial charge >= 0.3 is 5.97 Å². The molecule has 3 nitrogen and oxygen atoms in total. The average Bonchev–Trinajstić information content (AvgIpc) is 2.99. The highest BCUT2D eigenvalue weighted by Gasteiger charge is 2.23. The van der Waals surface area contributed by atoms with Gasteiger partial charge in [0.05, 0.1) is 0 Å². The summed E-state index contributed by atoms with van der Waals surface area (Å²) in [6, 6.07) is 7.11. The van der Waals surface area contributed by atoms with E-state index in [2.05, 4.69) is 0 Å². The van der Waals surface area contributed by atoms with Gasteiger partial charge in [0.15, 0.2) is 6.10 Å². The van der Waals surface area contributed by atoms with E-state index in [9.17, 15) is 14.0 Å². The number of aryl methyl sites for hydroxylation is 2. The largest absolute Gasteiger partial charge is 0.450 e. The van der Waals surface area contributed by atoms with Crippen LogP contribution >= 0.6 is 11.3 Å². The van der Waals surface area contributed by atoms with Crippen LogP contribution in [0.2, 0.25) is 0 Å². The Hall–Kier alpha value is -2.01. The van der Waals surface area contributed by atoms with Crippen LogP contribution in [0.4, 0.5) is 4.39 Å². The Labute approximate surface area is 138 Å². The Kier molecular flexibility index (Phi) is 4.57. The molecule has 120 valence electrons. The summed E-state index contributed by atoms with van der Waals surface area (Å²) in [6.07, 6.45) is 3.42. The Balaban J connectivity index is 1.68. The summed E-state index contributed by atoms with van der Waals surface area (Å²) in [4.78, 5) is 26.3. The number of ketones is 1. The van der Waals surface area contributed by atoms with Crippen LogP contribution in [-0.2, 0) is 17.6 Å². The smallest absolute Gasteiger partial charge is 0.349 e. The van der Waals surface area contributed by atoms with Crippen molar-refractivity contribution in [1.82, 2.24) is 0 Å². The highest BCUT2D eigenvalue weighted by atomic mass is 32.1. The maximum Gasteiger partial charge on any atom is 0.349 e. The van der Waals surface area contributed by atoms with Crippen LogP contribution < -0.4 is 0 Å². The molecule has 0 radical (unpaired) electrons. The predicted octanol–water partition coefficient (Wildman–Crippen LogP) is 4.19. The molecular formula is C18H17FO3S. The van der Waals surface area contributed by atoms with Gasteiger partial charge in [-0.2, -0.15) is 0 Å². The van der Waals surface area contributed by atoms with Gasteiger partial charge in [-0.25, -0.2) is 9.18 Å². The standard InChI is InChI=1S/C18H17FO3S/c1-11(17(20)12-6-8-14(19)9-7-12)22-18(21)16-10-13-4-2-3-5-15(13)23-16/h6-11H,2-5H2,1H3. The first-order valence-electron chi connectivity index (χ1n) is 7.67. The minimum absolute atomic E-state index is 0.331. The molecule has 0 spiro atoms. The third-order valence-corrected chi connectivity index (χ3v) is 5.20. The van der Waals surface area contributed by atoms with Gasteiger partial charge in [-0.1, -0.05) is 0 Å². The maximum absolute atomic E-state index is 12.9. The normalized spacial score (nSPS) is 14.9. The average molecular weight is 332 g/mol. The van der Waals surface area contributed by atoms with Gasteiger partial charge in [-0.05, 0) is 68.5 Å². The number of fused-ring (bicyclic) bond motifs is 1. The van der Waals surface area contributed by atoms with Crippen molar-refractivity contribution in [3.63, 3.8) is 0 Å². The second-order valence-electron chi connectivity index (χ2n) is 5.68. The predicted molar refractivity (Wildman–Crippen MR) is 86.6 cm³/mol. The van der Waals surface area contributed by atoms with Crippen molar-refractivity contribution in [1.29, 1.82) is 0 Å². The quantitative estimate of drug-likeness (QED) is 0.623. The van der Waals surface area contributed by atoms with E-state index in [1.54, 1.807) is 0 Å². The molecule has 2 aromatic rings. The number of hydrogen-bond acceptors (Lipinski definition) is 4. The van der Waals surface area contributed by atoms with E-state index in [1.807, 2.05) is 6.07 Å². The Morgan fingerprint density at radius 1 is 1.17 bits per heavy atom. The summed E-state index contributed by atoms with van der Waals surface area (Å²) in [5.74, 6) is -1.21. The molecule has 0 N–H and O–H groups in total. The number of hydrogen-bond donors (Lipinski definition) is 0. The third kappa shape index (κ3) is 3.50. The van der Waals surface area contributed by atoms with Crippen molar-refractivity contribution in [2.24, 2.45) is 0 Å². The molecule has 1 heterocycles. The van der Waals surface area contributed by atoms with E-state index in [0.717, 1.165) is 25.7 Å². The fourth-order valence-corrected chi connectivity index (χ4v) is 3.85. The lowest BCUT2D eigenvalue weighted by molar-refractivity contribution is 0.0323. The maximum atomic E-state index is 12.9. The molecule has 0 amide bonds. The molecule has 1 aromatic heterocycles. The Morgan fingerprint density at radius 2 is 1.87 bits per heavy atom. The number of rotatable bonds is 4. The molecule has 23 heavy (non-hydrogen) atoms. The second kappa shape index (κ2) is 6.62. The highest BCUT2D eigenvalue weighted by molar-refractivity contribution is 7.14. The van der Waals surface area contributed by atoms with Crippen molar-refractivity contribution in [2.75, 3.05) is 0 Å². The monoisotopic (exact) mass is 332 g/mol. The fourth-order valence-electron chi connectivity index (χ4n) is 2.71. The van der Waals surface area contributed by atoms with Crippen molar-refractivity contribution in [2.45, 2.75) is 38.7 Å². The summed E-state index contributed by atoms with van der Waals surface area (Å²) >= 11 is 1.46. The molecular weight excluding hydrogens is 315 g/mol. The van der Waals surface area contributed by atoms with Crippen LogP contribution in [0.5, 0.6) is 0 Å². The van der Waals surface area contributed by atoms with E-state index in [0.29, 0.717) is 10.4 Å². The second-order valence-corrected chi connectivity index (χ2v) is 6.82. The number of ether oxygens (including phenoxy) is 1. The number of carbonyl (C=O) groups is 2. The van der Waals surface area contributed by atoms with E-state index in [-0.39, 0.29) is 5.78 Å². The number of carbonyl (C=O) groups excluding carboxylic acids is 2. The molecule has 1 atom stereocenters. The van der Waals surface area contributed by atoms with Crippen LogP contribution in [0.25, 0.3) is 0 Å². The zero-order valence-corrected chi connectivity index (χ0v) is 13.6. The van der Waals surface area contributed by atoms with Gasteiger partial charge in [0.1, 0.15) is 10.7 Å². The van der Waals surface area contributed by atoms with Gasteiger partial charge in [0.25, 0.3) is 0 Å². The van der Waals surface area contributed by atoms with Crippen molar-refractivity contribution >= 4 is 23.1 Å². The molecule has 5 heteroatoms. The molecule has 1 aliphatic rings. The first-order chi connectivity index (χ1) is 11.0. The van der Waals surface area contributed by atoms with Crippen molar-refractivity contribution in [3.8, 4) is 0 Å². The van der Waals surface area contributed by atoms with E-state index in [4.69, 9.17) is 4.74 Å². The van der Waals surface area contributed by atoms with Gasteiger partial charge in [0.2, 0.25) is 5.78 Å². The van der Waals surface area contributed by atoms with E-state index >= 15 is 0 Å². The van der Waals surface area contributed by atoms with Gasteiger partial charge < -0.3 is 4.74 Å². The fraction of sp³-hybridized carbons (Fsp3) is 0.333. The Morgan fingerprint density at radius 3 is 2.57 bits per heavy atom. The molecule has 1 aliphatic carbocycles. The minimum Gasteiger partial charge on any atom is -0.450 e. The van der Waals surface area contributed by atoms with Crippen LogP contribution in [0.1, 0.15) is 50.2 Å². The minimum atomic E-state index is -0.896. The molecule has 0 bridgehead atoms. The number of esters is 1. The highest BCUT2D eigenvalue weighted by Crippen LogP contribution is 2.30. The van der Waals surface area contributed by atoms with Crippen LogP contribution in [0, 0.1) is 5.82 Å². The first kappa shape index (κ1) is 15.9. The molecule has 0 aliphatic heterocycles. The van der Waals surface area contributed by atoms with Crippen LogP contribution in [-0.4, -0.2) is 17.9 Å². The summed E-state index contributed by atoms with van der Waals surface area (Å²) in [5.41, 5.74) is 1.56. The first-order valence-corrected chi connectivity index (χ1v) is 8.48. The zero-order valence-electron chi connectivity index (χ0n) is 12.8. The van der Waals surface area contributed by atoms with Crippen molar-refractivity contribution in [3.05, 3.63) is 57.0 Å². The van der Waals surface area contributed by atoms with Crippen LogP contribution in [0.3, 0.4) is 0 Å². The topological polar surface area (TPSA) is 43.4 Å². The summed E-state index contributed by atoms with van der Waals surface area (Å²) in [6.45, 7) is 1.54. The molecule has 3 rings (SSSR count). The molecule has 1 unspecified atom stereocenters. The molecule has 0 saturated heterocycles. The zero-order chi connectivity index (χ0) is 16.4. The molecule has 1 aromatic carbocycles.